The number of rotatable bonds is 7. The molecule has 0 fully saturated rings. The second kappa shape index (κ2) is 8.66. The molecule has 8 nitrogen and oxygen atoms in total. The van der Waals surface area contributed by atoms with Gasteiger partial charge in [-0.1, -0.05) is 48.2 Å². The van der Waals surface area contributed by atoms with Crippen LogP contribution in [0.25, 0.3) is 11.4 Å². The van der Waals surface area contributed by atoms with Crippen LogP contribution in [0.3, 0.4) is 0 Å². The number of nitro benzene ring substituents is 1. The lowest BCUT2D eigenvalue weighted by Crippen LogP contribution is -2.15. The highest BCUT2D eigenvalue weighted by Crippen LogP contribution is 2.25. The Kier molecular flexibility index (Phi) is 6.05. The molecular weight excluding hydrogens is 378 g/mol. The van der Waals surface area contributed by atoms with Crippen molar-refractivity contribution in [3.63, 3.8) is 0 Å². The zero-order valence-electron chi connectivity index (χ0n) is 15.5. The highest BCUT2D eigenvalue weighted by atomic mass is 32.2. The highest BCUT2D eigenvalue weighted by Gasteiger charge is 2.16. The molecule has 0 bridgehead atoms. The predicted molar refractivity (Wildman–Crippen MR) is 108 cm³/mol. The fourth-order valence-electron chi connectivity index (χ4n) is 2.69. The molecule has 0 saturated carbocycles. The van der Waals surface area contributed by atoms with Crippen LogP contribution >= 0.6 is 11.8 Å². The molecule has 2 aromatic carbocycles. The lowest BCUT2D eigenvalue weighted by Gasteiger charge is -2.08. The molecule has 3 rings (SSSR count). The minimum absolute atomic E-state index is 0.0244. The monoisotopic (exact) mass is 397 g/mol. The number of nitrogens with one attached hydrogen (secondary N) is 1. The van der Waals surface area contributed by atoms with E-state index in [9.17, 15) is 14.9 Å². The smallest absolute Gasteiger partial charge is 0.274 e. The second-order valence-corrected chi connectivity index (χ2v) is 6.95. The second-order valence-electron chi connectivity index (χ2n) is 6.01. The molecule has 0 aliphatic carbocycles. The number of amides is 1. The van der Waals surface area contributed by atoms with Crippen LogP contribution in [0.4, 0.5) is 11.4 Å². The van der Waals surface area contributed by atoms with E-state index >= 15 is 0 Å². The Morgan fingerprint density at radius 3 is 2.64 bits per heavy atom. The number of aromatic nitrogens is 3. The third-order valence-electron chi connectivity index (χ3n) is 4.09. The molecule has 0 aliphatic heterocycles. The Bertz CT molecular complexity index is 1000. The van der Waals surface area contributed by atoms with Crippen molar-refractivity contribution in [3.05, 3.63) is 64.2 Å². The number of nitrogens with zero attached hydrogens (tertiary/aromatic N) is 4. The van der Waals surface area contributed by atoms with Crippen molar-refractivity contribution in [1.82, 2.24) is 14.8 Å². The van der Waals surface area contributed by atoms with Gasteiger partial charge in [-0.15, -0.1) is 10.2 Å². The van der Waals surface area contributed by atoms with E-state index in [1.807, 2.05) is 41.8 Å². The minimum Gasteiger partial charge on any atom is -0.325 e. The molecule has 1 amide bonds. The van der Waals surface area contributed by atoms with Crippen LogP contribution in [-0.2, 0) is 11.3 Å². The van der Waals surface area contributed by atoms with E-state index in [-0.39, 0.29) is 17.3 Å². The van der Waals surface area contributed by atoms with E-state index in [4.69, 9.17) is 0 Å². The summed E-state index contributed by atoms with van der Waals surface area (Å²) >= 11 is 1.27. The van der Waals surface area contributed by atoms with E-state index < -0.39 is 4.92 Å². The van der Waals surface area contributed by atoms with E-state index in [0.717, 1.165) is 11.4 Å². The Labute approximate surface area is 166 Å². The maximum Gasteiger partial charge on any atom is 0.274 e. The molecule has 1 N–H and O–H groups in total. The van der Waals surface area contributed by atoms with E-state index in [1.165, 1.54) is 17.8 Å². The maximum absolute atomic E-state index is 12.3. The number of hydrogen-bond donors (Lipinski definition) is 1. The van der Waals surface area contributed by atoms with Gasteiger partial charge in [-0.05, 0) is 19.9 Å². The first-order valence-electron chi connectivity index (χ1n) is 8.66. The topological polar surface area (TPSA) is 103 Å². The van der Waals surface area contributed by atoms with Gasteiger partial charge in [-0.25, -0.2) is 0 Å². The van der Waals surface area contributed by atoms with Gasteiger partial charge >= 0.3 is 0 Å². The fourth-order valence-corrected chi connectivity index (χ4v) is 3.49. The predicted octanol–water partition coefficient (Wildman–Crippen LogP) is 3.91. The number of hydrogen-bond acceptors (Lipinski definition) is 6. The van der Waals surface area contributed by atoms with E-state index in [0.29, 0.717) is 23.0 Å². The van der Waals surface area contributed by atoms with E-state index in [2.05, 4.69) is 15.5 Å². The highest BCUT2D eigenvalue weighted by molar-refractivity contribution is 7.99. The molecule has 0 unspecified atom stereocenters. The Morgan fingerprint density at radius 2 is 1.96 bits per heavy atom. The van der Waals surface area contributed by atoms with Crippen LogP contribution in [0.1, 0.15) is 12.5 Å². The lowest BCUT2D eigenvalue weighted by molar-refractivity contribution is -0.385. The van der Waals surface area contributed by atoms with Crippen molar-refractivity contribution in [1.29, 1.82) is 0 Å². The fraction of sp³-hybridized carbons (Fsp3) is 0.211. The van der Waals surface area contributed by atoms with Gasteiger partial charge in [-0.2, -0.15) is 0 Å². The molecule has 0 spiro atoms. The summed E-state index contributed by atoms with van der Waals surface area (Å²) in [6.45, 7) is 4.32. The largest absolute Gasteiger partial charge is 0.325 e. The van der Waals surface area contributed by atoms with Crippen molar-refractivity contribution in [2.75, 3.05) is 11.1 Å². The first-order valence-corrected chi connectivity index (χ1v) is 9.64. The first-order chi connectivity index (χ1) is 13.5. The summed E-state index contributed by atoms with van der Waals surface area (Å²) in [6, 6.07) is 14.3. The number of thioether (sulfide) groups is 1. The first kappa shape index (κ1) is 19.6. The van der Waals surface area contributed by atoms with Gasteiger partial charge in [-0.3, -0.25) is 14.9 Å². The molecule has 1 aromatic heterocycles. The molecule has 0 saturated heterocycles. The zero-order valence-corrected chi connectivity index (χ0v) is 16.3. The molecule has 9 heteroatoms. The Morgan fingerprint density at radius 1 is 1.21 bits per heavy atom. The average Bonchev–Trinajstić information content (AvgIpc) is 3.11. The minimum atomic E-state index is -0.464. The normalized spacial score (nSPS) is 10.6. The quantitative estimate of drug-likeness (QED) is 0.368. The van der Waals surface area contributed by atoms with Gasteiger partial charge in [0, 0.05) is 29.4 Å². The summed E-state index contributed by atoms with van der Waals surface area (Å²) in [4.78, 5) is 22.8. The van der Waals surface area contributed by atoms with Crippen LogP contribution < -0.4 is 5.32 Å². The molecule has 3 aromatic rings. The zero-order chi connectivity index (χ0) is 20.1. The number of aryl methyl sites for hydroxylation is 1. The number of anilines is 1. The van der Waals surface area contributed by atoms with Gasteiger partial charge < -0.3 is 9.88 Å². The molecule has 144 valence electrons. The van der Waals surface area contributed by atoms with Gasteiger partial charge in [0.2, 0.25) is 5.91 Å². The summed E-state index contributed by atoms with van der Waals surface area (Å²) in [6.07, 6.45) is 0. The maximum atomic E-state index is 12.3. The molecule has 28 heavy (non-hydrogen) atoms. The SMILES string of the molecule is CCn1c(SCC(=O)Nc2ccc(C)c([N+](=O)[O-])c2)nnc1-c1ccccc1. The number of carbonyl (C=O) groups excluding carboxylic acids is 1. The van der Waals surface area contributed by atoms with Gasteiger partial charge in [0.05, 0.1) is 10.7 Å². The third-order valence-corrected chi connectivity index (χ3v) is 5.05. The number of benzene rings is 2. The molecule has 0 radical (unpaired) electrons. The molecule has 0 aliphatic rings. The van der Waals surface area contributed by atoms with Gasteiger partial charge in [0.15, 0.2) is 11.0 Å². The summed E-state index contributed by atoms with van der Waals surface area (Å²) in [7, 11) is 0. The summed E-state index contributed by atoms with van der Waals surface area (Å²) in [5.74, 6) is 0.601. The lowest BCUT2D eigenvalue weighted by atomic mass is 10.2. The summed E-state index contributed by atoms with van der Waals surface area (Å²) < 4.78 is 1.95. The molecule has 1 heterocycles. The van der Waals surface area contributed by atoms with Crippen molar-refractivity contribution < 1.29 is 9.72 Å². The summed E-state index contributed by atoms with van der Waals surface area (Å²) in [5.41, 5.74) is 1.87. The Balaban J connectivity index is 1.68. The number of carbonyl (C=O) groups is 1. The van der Waals surface area contributed by atoms with Gasteiger partial charge in [0.1, 0.15) is 0 Å². The van der Waals surface area contributed by atoms with Crippen molar-refractivity contribution in [3.8, 4) is 11.4 Å². The van der Waals surface area contributed by atoms with Crippen LogP contribution in [0.15, 0.2) is 53.7 Å². The summed E-state index contributed by atoms with van der Waals surface area (Å²) in [5, 5.41) is 22.8. The van der Waals surface area contributed by atoms with Gasteiger partial charge in [0.25, 0.3) is 5.69 Å². The Hall–Kier alpha value is -3.20. The van der Waals surface area contributed by atoms with Crippen LogP contribution in [0.2, 0.25) is 0 Å². The van der Waals surface area contributed by atoms with Crippen molar-refractivity contribution >= 4 is 29.0 Å². The van der Waals surface area contributed by atoms with Crippen LogP contribution in [0, 0.1) is 17.0 Å². The van der Waals surface area contributed by atoms with Crippen LogP contribution in [0.5, 0.6) is 0 Å². The van der Waals surface area contributed by atoms with Crippen molar-refractivity contribution in [2.45, 2.75) is 25.5 Å². The standard InChI is InChI=1S/C19H19N5O3S/c1-3-23-18(14-7-5-4-6-8-14)21-22-19(23)28-12-17(25)20-15-10-9-13(2)16(11-15)24(26)27/h4-11H,3,12H2,1-2H3,(H,20,25). The average molecular weight is 397 g/mol. The van der Waals surface area contributed by atoms with E-state index in [1.54, 1.807) is 19.1 Å². The van der Waals surface area contributed by atoms with Crippen molar-refractivity contribution in [2.24, 2.45) is 0 Å². The third kappa shape index (κ3) is 4.37. The number of nitro groups is 1. The molecular formula is C19H19N5O3S. The molecule has 0 atom stereocenters. The van der Waals surface area contributed by atoms with Crippen LogP contribution in [-0.4, -0.2) is 31.3 Å².